The number of fused-ring (bicyclic) bond motifs is 1. The molecule has 0 aliphatic heterocycles. The average molecular weight is 259 g/mol. The number of benzene rings is 1. The van der Waals surface area contributed by atoms with Crippen LogP contribution in [0.5, 0.6) is 0 Å². The summed E-state index contributed by atoms with van der Waals surface area (Å²) < 4.78 is 2.25. The van der Waals surface area contributed by atoms with E-state index in [2.05, 4.69) is 46.9 Å². The third-order valence-corrected chi connectivity index (χ3v) is 3.67. The summed E-state index contributed by atoms with van der Waals surface area (Å²) in [6, 6.07) is 9.01. The lowest BCUT2D eigenvalue weighted by Gasteiger charge is -2.16. The molecule has 0 saturated heterocycles. The Hall–Kier alpha value is -1.35. The van der Waals surface area contributed by atoms with Gasteiger partial charge < -0.3 is 9.88 Å². The van der Waals surface area contributed by atoms with Crippen LogP contribution in [0.2, 0.25) is 0 Å². The molecule has 1 heterocycles. The van der Waals surface area contributed by atoms with Crippen LogP contribution in [0.1, 0.15) is 39.5 Å². The Morgan fingerprint density at radius 1 is 1.26 bits per heavy atom. The largest absolute Gasteiger partial charge is 0.331 e. The Morgan fingerprint density at radius 3 is 2.89 bits per heavy atom. The van der Waals surface area contributed by atoms with E-state index < -0.39 is 0 Å². The quantitative estimate of drug-likeness (QED) is 0.734. The van der Waals surface area contributed by atoms with Crippen LogP contribution in [0.4, 0.5) is 0 Å². The van der Waals surface area contributed by atoms with Crippen molar-refractivity contribution in [3.63, 3.8) is 0 Å². The minimum atomic E-state index is 0.685. The predicted octanol–water partition coefficient (Wildman–Crippen LogP) is 3.59. The molecule has 0 bridgehead atoms. The molecule has 0 radical (unpaired) electrons. The molecule has 3 heteroatoms. The van der Waals surface area contributed by atoms with Crippen molar-refractivity contribution < 1.29 is 0 Å². The molecule has 1 aromatic heterocycles. The minimum Gasteiger partial charge on any atom is -0.331 e. The number of aryl methyl sites for hydroxylation is 1. The van der Waals surface area contributed by atoms with Crippen molar-refractivity contribution in [2.45, 2.75) is 52.1 Å². The molecule has 0 fully saturated rings. The summed E-state index contributed by atoms with van der Waals surface area (Å²) in [7, 11) is 0. The van der Waals surface area contributed by atoms with E-state index in [4.69, 9.17) is 0 Å². The van der Waals surface area contributed by atoms with Gasteiger partial charge in [0.25, 0.3) is 0 Å². The molecule has 0 aliphatic rings. The minimum absolute atomic E-state index is 0.685. The SMILES string of the molecule is CCCC(CC)NCCCn1cnc2ccccc21. The Balaban J connectivity index is 1.79. The third kappa shape index (κ3) is 3.80. The van der Waals surface area contributed by atoms with Gasteiger partial charge in [-0.2, -0.15) is 0 Å². The molecule has 1 aromatic carbocycles. The molecule has 19 heavy (non-hydrogen) atoms. The van der Waals surface area contributed by atoms with Crippen LogP contribution in [0.3, 0.4) is 0 Å². The predicted molar refractivity (Wildman–Crippen MR) is 81.3 cm³/mol. The number of imidazole rings is 1. The first-order chi connectivity index (χ1) is 9.35. The zero-order valence-corrected chi connectivity index (χ0v) is 12.1. The van der Waals surface area contributed by atoms with Crippen molar-refractivity contribution in [3.8, 4) is 0 Å². The molecule has 0 aliphatic carbocycles. The molecule has 0 saturated carbocycles. The van der Waals surface area contributed by atoms with Gasteiger partial charge in [0, 0.05) is 12.6 Å². The number of nitrogens with zero attached hydrogens (tertiary/aromatic N) is 2. The van der Waals surface area contributed by atoms with Crippen LogP contribution < -0.4 is 5.32 Å². The van der Waals surface area contributed by atoms with Crippen LogP contribution in [0.25, 0.3) is 11.0 Å². The van der Waals surface area contributed by atoms with Crippen molar-refractivity contribution in [2.24, 2.45) is 0 Å². The van der Waals surface area contributed by atoms with E-state index >= 15 is 0 Å². The van der Waals surface area contributed by atoms with Crippen molar-refractivity contribution >= 4 is 11.0 Å². The monoisotopic (exact) mass is 259 g/mol. The van der Waals surface area contributed by atoms with Gasteiger partial charge in [0.1, 0.15) is 0 Å². The van der Waals surface area contributed by atoms with Gasteiger partial charge in [-0.15, -0.1) is 0 Å². The smallest absolute Gasteiger partial charge is 0.0958 e. The van der Waals surface area contributed by atoms with Gasteiger partial charge in [-0.25, -0.2) is 4.98 Å². The summed E-state index contributed by atoms with van der Waals surface area (Å²) in [5, 5.41) is 3.65. The Bertz CT molecular complexity index is 489. The highest BCUT2D eigenvalue weighted by Gasteiger charge is 2.04. The van der Waals surface area contributed by atoms with Crippen LogP contribution in [-0.2, 0) is 6.54 Å². The average Bonchev–Trinajstić information content (AvgIpc) is 2.85. The fourth-order valence-corrected chi connectivity index (χ4v) is 2.54. The van der Waals surface area contributed by atoms with Crippen molar-refractivity contribution in [2.75, 3.05) is 6.54 Å². The lowest BCUT2D eigenvalue weighted by atomic mass is 10.1. The van der Waals surface area contributed by atoms with Crippen LogP contribution in [0, 0.1) is 0 Å². The summed E-state index contributed by atoms with van der Waals surface area (Å²) in [6.45, 7) is 6.64. The van der Waals surface area contributed by atoms with E-state index in [1.165, 1.54) is 24.8 Å². The highest BCUT2D eigenvalue weighted by molar-refractivity contribution is 5.74. The summed E-state index contributed by atoms with van der Waals surface area (Å²) in [5.41, 5.74) is 2.33. The maximum atomic E-state index is 4.42. The highest BCUT2D eigenvalue weighted by atomic mass is 15.0. The number of nitrogens with one attached hydrogen (secondary N) is 1. The normalized spacial score (nSPS) is 12.9. The fraction of sp³-hybridized carbons (Fsp3) is 0.562. The van der Waals surface area contributed by atoms with E-state index in [0.29, 0.717) is 6.04 Å². The first kappa shape index (κ1) is 14.1. The molecule has 3 nitrogen and oxygen atoms in total. The number of aromatic nitrogens is 2. The molecule has 1 unspecified atom stereocenters. The number of rotatable bonds is 8. The summed E-state index contributed by atoms with van der Waals surface area (Å²) in [4.78, 5) is 4.42. The Kier molecular flexibility index (Phi) is 5.40. The van der Waals surface area contributed by atoms with Crippen LogP contribution >= 0.6 is 0 Å². The molecule has 1 atom stereocenters. The first-order valence-electron chi connectivity index (χ1n) is 7.48. The maximum Gasteiger partial charge on any atom is 0.0958 e. The molecule has 2 aromatic rings. The highest BCUT2D eigenvalue weighted by Crippen LogP contribution is 2.12. The second-order valence-corrected chi connectivity index (χ2v) is 5.13. The molecule has 104 valence electrons. The van der Waals surface area contributed by atoms with Gasteiger partial charge in [-0.3, -0.25) is 0 Å². The Morgan fingerprint density at radius 2 is 2.11 bits per heavy atom. The number of hydrogen-bond donors (Lipinski definition) is 1. The van der Waals surface area contributed by atoms with Gasteiger partial charge in [-0.1, -0.05) is 32.4 Å². The lowest BCUT2D eigenvalue weighted by Crippen LogP contribution is -2.29. The second-order valence-electron chi connectivity index (χ2n) is 5.13. The van der Waals surface area contributed by atoms with Gasteiger partial charge in [0.15, 0.2) is 0 Å². The first-order valence-corrected chi connectivity index (χ1v) is 7.48. The zero-order chi connectivity index (χ0) is 13.5. The van der Waals surface area contributed by atoms with E-state index in [1.54, 1.807) is 0 Å². The Labute approximate surface area is 116 Å². The maximum absolute atomic E-state index is 4.42. The van der Waals surface area contributed by atoms with Gasteiger partial charge >= 0.3 is 0 Å². The molecular formula is C16H25N3. The summed E-state index contributed by atoms with van der Waals surface area (Å²) >= 11 is 0. The molecule has 0 amide bonds. The van der Waals surface area contributed by atoms with E-state index in [-0.39, 0.29) is 0 Å². The standard InChI is InChI=1S/C16H25N3/c1-3-8-14(4-2)17-11-7-12-19-13-18-15-9-5-6-10-16(15)19/h5-6,9-10,13-14,17H,3-4,7-8,11-12H2,1-2H3. The number of hydrogen-bond acceptors (Lipinski definition) is 2. The van der Waals surface area contributed by atoms with Gasteiger partial charge in [0.05, 0.1) is 17.4 Å². The van der Waals surface area contributed by atoms with E-state index in [0.717, 1.165) is 25.0 Å². The molecular weight excluding hydrogens is 234 g/mol. The summed E-state index contributed by atoms with van der Waals surface area (Å²) in [6.07, 6.45) is 6.87. The fourth-order valence-electron chi connectivity index (χ4n) is 2.54. The lowest BCUT2D eigenvalue weighted by molar-refractivity contribution is 0.450. The molecule has 0 spiro atoms. The molecule has 1 N–H and O–H groups in total. The zero-order valence-electron chi connectivity index (χ0n) is 12.1. The topological polar surface area (TPSA) is 29.9 Å². The second kappa shape index (κ2) is 7.29. The van der Waals surface area contributed by atoms with Gasteiger partial charge in [-0.05, 0) is 37.9 Å². The summed E-state index contributed by atoms with van der Waals surface area (Å²) in [5.74, 6) is 0. The van der Waals surface area contributed by atoms with E-state index in [1.807, 2.05) is 12.4 Å². The van der Waals surface area contributed by atoms with Crippen LogP contribution in [-0.4, -0.2) is 22.1 Å². The van der Waals surface area contributed by atoms with Crippen LogP contribution in [0.15, 0.2) is 30.6 Å². The molecule has 2 rings (SSSR count). The van der Waals surface area contributed by atoms with Crippen molar-refractivity contribution in [1.82, 2.24) is 14.9 Å². The van der Waals surface area contributed by atoms with Gasteiger partial charge in [0.2, 0.25) is 0 Å². The van der Waals surface area contributed by atoms with Crippen molar-refractivity contribution in [3.05, 3.63) is 30.6 Å². The van der Waals surface area contributed by atoms with E-state index in [9.17, 15) is 0 Å². The third-order valence-electron chi connectivity index (χ3n) is 3.67. The number of para-hydroxylation sites is 2. The van der Waals surface area contributed by atoms with Crippen molar-refractivity contribution in [1.29, 1.82) is 0 Å².